The van der Waals surface area contributed by atoms with Crippen molar-refractivity contribution in [2.24, 2.45) is 0 Å². The second-order valence-corrected chi connectivity index (χ2v) is 7.03. The van der Waals surface area contributed by atoms with E-state index in [2.05, 4.69) is 25.1 Å². The van der Waals surface area contributed by atoms with Crippen LogP contribution in [-0.4, -0.2) is 5.78 Å². The van der Waals surface area contributed by atoms with Crippen LogP contribution >= 0.6 is 11.3 Å². The molecule has 0 amide bonds. The Balaban J connectivity index is 1.76. The maximum Gasteiger partial charge on any atom is 0.202 e. The Bertz CT molecular complexity index is 598. The predicted molar refractivity (Wildman–Crippen MR) is 89.4 cm³/mol. The van der Waals surface area contributed by atoms with Gasteiger partial charge in [-0.1, -0.05) is 37.6 Å². The minimum atomic E-state index is 0.191. The summed E-state index contributed by atoms with van der Waals surface area (Å²) in [6.45, 7) is 2.20. The highest BCUT2D eigenvalue weighted by Gasteiger charge is 2.18. The Hall–Kier alpha value is -1.41. The monoisotopic (exact) mass is 298 g/mol. The van der Waals surface area contributed by atoms with E-state index in [1.165, 1.54) is 41.7 Å². The molecule has 2 aromatic rings. The van der Waals surface area contributed by atoms with Crippen LogP contribution < -0.4 is 0 Å². The predicted octanol–water partition coefficient (Wildman–Crippen LogP) is 5.20. The second kappa shape index (κ2) is 6.57. The lowest BCUT2D eigenvalue weighted by molar-refractivity contribution is 0.104. The van der Waals surface area contributed by atoms with Crippen LogP contribution in [0, 0.1) is 0 Å². The van der Waals surface area contributed by atoms with Crippen molar-refractivity contribution in [2.45, 2.75) is 51.9 Å². The fraction of sp³-hybridized carbons (Fsp3) is 0.421. The van der Waals surface area contributed by atoms with Crippen molar-refractivity contribution < 1.29 is 4.79 Å². The fourth-order valence-electron chi connectivity index (χ4n) is 2.95. The van der Waals surface area contributed by atoms with Gasteiger partial charge in [0, 0.05) is 10.4 Å². The maximum absolute atomic E-state index is 12.6. The molecule has 110 valence electrons. The third-order valence-electron chi connectivity index (χ3n) is 4.26. The molecule has 0 bridgehead atoms. The van der Waals surface area contributed by atoms with Crippen LogP contribution in [0.1, 0.15) is 63.8 Å². The number of unbranched alkanes of at least 4 members (excludes halogenated alkanes) is 1. The first-order valence-corrected chi connectivity index (χ1v) is 8.85. The van der Waals surface area contributed by atoms with Crippen molar-refractivity contribution in [1.82, 2.24) is 0 Å². The Labute approximate surface area is 131 Å². The summed E-state index contributed by atoms with van der Waals surface area (Å²) in [6, 6.07) is 10.3. The number of hydrogen-bond acceptors (Lipinski definition) is 2. The average Bonchev–Trinajstić information content (AvgIpc) is 2.96. The molecule has 1 aromatic carbocycles. The zero-order valence-electron chi connectivity index (χ0n) is 12.7. The molecule has 0 aliphatic heterocycles. The fourth-order valence-corrected chi connectivity index (χ4v) is 4.16. The van der Waals surface area contributed by atoms with E-state index in [4.69, 9.17) is 0 Å². The largest absolute Gasteiger partial charge is 0.288 e. The number of thiophene rings is 1. The highest BCUT2D eigenvalue weighted by molar-refractivity contribution is 7.14. The van der Waals surface area contributed by atoms with Gasteiger partial charge in [-0.2, -0.15) is 0 Å². The molecule has 2 heteroatoms. The Morgan fingerprint density at radius 1 is 1.14 bits per heavy atom. The molecule has 1 aliphatic carbocycles. The molecular weight excluding hydrogens is 276 g/mol. The second-order valence-electron chi connectivity index (χ2n) is 5.90. The van der Waals surface area contributed by atoms with Crippen molar-refractivity contribution >= 4 is 17.1 Å². The summed E-state index contributed by atoms with van der Waals surface area (Å²) >= 11 is 1.71. The number of rotatable bonds is 5. The Morgan fingerprint density at radius 2 is 1.90 bits per heavy atom. The molecule has 0 unspecified atom stereocenters. The molecule has 0 saturated heterocycles. The minimum absolute atomic E-state index is 0.191. The van der Waals surface area contributed by atoms with Gasteiger partial charge in [0.15, 0.2) is 0 Å². The molecule has 0 N–H and O–H groups in total. The van der Waals surface area contributed by atoms with E-state index in [-0.39, 0.29) is 5.78 Å². The molecule has 1 aliphatic rings. The lowest BCUT2D eigenvalue weighted by Gasteiger charge is -2.08. The molecule has 0 radical (unpaired) electrons. The molecular formula is C19H22OS. The third-order valence-corrected chi connectivity index (χ3v) is 5.49. The number of carbonyl (C=O) groups is 1. The first kappa shape index (κ1) is 14.5. The summed E-state index contributed by atoms with van der Waals surface area (Å²) in [5.41, 5.74) is 3.57. The molecule has 1 aromatic heterocycles. The van der Waals surface area contributed by atoms with Crippen LogP contribution in [0.2, 0.25) is 0 Å². The van der Waals surface area contributed by atoms with Crippen molar-refractivity contribution in [3.63, 3.8) is 0 Å². The van der Waals surface area contributed by atoms with Crippen LogP contribution in [0.15, 0.2) is 30.3 Å². The molecule has 0 saturated carbocycles. The van der Waals surface area contributed by atoms with Crippen LogP contribution in [0.5, 0.6) is 0 Å². The first-order chi connectivity index (χ1) is 10.3. The first-order valence-electron chi connectivity index (χ1n) is 8.03. The number of ketones is 1. The van der Waals surface area contributed by atoms with Gasteiger partial charge in [0.1, 0.15) is 0 Å². The summed E-state index contributed by atoms with van der Waals surface area (Å²) < 4.78 is 0. The van der Waals surface area contributed by atoms with Gasteiger partial charge in [-0.05, 0) is 55.7 Å². The van der Waals surface area contributed by atoms with Gasteiger partial charge in [-0.25, -0.2) is 0 Å². The summed E-state index contributed by atoms with van der Waals surface area (Å²) in [5.74, 6) is 0.191. The highest BCUT2D eigenvalue weighted by atomic mass is 32.1. The van der Waals surface area contributed by atoms with Gasteiger partial charge < -0.3 is 0 Å². The summed E-state index contributed by atoms with van der Waals surface area (Å²) in [6.07, 6.45) is 8.37. The molecule has 0 fully saturated rings. The molecule has 3 rings (SSSR count). The van der Waals surface area contributed by atoms with Crippen LogP contribution in [0.3, 0.4) is 0 Å². The van der Waals surface area contributed by atoms with Crippen LogP contribution in [0.25, 0.3) is 0 Å². The van der Waals surface area contributed by atoms with E-state index in [0.29, 0.717) is 0 Å². The van der Waals surface area contributed by atoms with E-state index in [9.17, 15) is 4.79 Å². The lowest BCUT2D eigenvalue weighted by atomic mass is 9.98. The SMILES string of the molecule is CCCCc1ccc(C(=O)c2cc3c(s2)CCCC3)cc1. The number of hydrogen-bond donors (Lipinski definition) is 0. The number of aryl methyl sites for hydroxylation is 3. The maximum atomic E-state index is 12.6. The van der Waals surface area contributed by atoms with E-state index in [0.717, 1.165) is 29.7 Å². The Morgan fingerprint density at radius 3 is 2.62 bits per heavy atom. The molecule has 0 atom stereocenters. The van der Waals surface area contributed by atoms with Gasteiger partial charge >= 0.3 is 0 Å². The smallest absolute Gasteiger partial charge is 0.202 e. The average molecular weight is 298 g/mol. The Kier molecular flexibility index (Phi) is 4.54. The molecule has 21 heavy (non-hydrogen) atoms. The molecule has 1 heterocycles. The van der Waals surface area contributed by atoms with Gasteiger partial charge in [0.05, 0.1) is 4.88 Å². The molecule has 0 spiro atoms. The lowest BCUT2D eigenvalue weighted by Crippen LogP contribution is -1.99. The highest BCUT2D eigenvalue weighted by Crippen LogP contribution is 2.31. The number of carbonyl (C=O) groups excluding carboxylic acids is 1. The van der Waals surface area contributed by atoms with E-state index < -0.39 is 0 Å². The third kappa shape index (κ3) is 3.26. The minimum Gasteiger partial charge on any atom is -0.288 e. The van der Waals surface area contributed by atoms with Gasteiger partial charge in [-0.15, -0.1) is 11.3 Å². The van der Waals surface area contributed by atoms with Crippen LogP contribution in [0.4, 0.5) is 0 Å². The van der Waals surface area contributed by atoms with E-state index >= 15 is 0 Å². The van der Waals surface area contributed by atoms with E-state index in [1.807, 2.05) is 12.1 Å². The van der Waals surface area contributed by atoms with Crippen LogP contribution in [-0.2, 0) is 19.3 Å². The summed E-state index contributed by atoms with van der Waals surface area (Å²) in [5, 5.41) is 0. The topological polar surface area (TPSA) is 17.1 Å². The van der Waals surface area contributed by atoms with E-state index in [1.54, 1.807) is 11.3 Å². The van der Waals surface area contributed by atoms with Crippen molar-refractivity contribution in [1.29, 1.82) is 0 Å². The van der Waals surface area contributed by atoms with Gasteiger partial charge in [0.2, 0.25) is 5.78 Å². The number of benzene rings is 1. The standard InChI is InChI=1S/C19H22OS/c1-2-3-6-14-9-11-15(12-10-14)19(20)18-13-16-7-4-5-8-17(16)21-18/h9-13H,2-8H2,1H3. The van der Waals surface area contributed by atoms with Crippen molar-refractivity contribution in [3.8, 4) is 0 Å². The zero-order valence-corrected chi connectivity index (χ0v) is 13.5. The summed E-state index contributed by atoms with van der Waals surface area (Å²) in [4.78, 5) is 15.0. The van der Waals surface area contributed by atoms with Gasteiger partial charge in [-0.3, -0.25) is 4.79 Å². The normalized spacial score (nSPS) is 14.0. The van der Waals surface area contributed by atoms with Gasteiger partial charge in [0.25, 0.3) is 0 Å². The quantitative estimate of drug-likeness (QED) is 0.693. The van der Waals surface area contributed by atoms with Crippen molar-refractivity contribution in [3.05, 3.63) is 56.8 Å². The number of fused-ring (bicyclic) bond motifs is 1. The molecule has 1 nitrogen and oxygen atoms in total. The summed E-state index contributed by atoms with van der Waals surface area (Å²) in [7, 11) is 0. The zero-order chi connectivity index (χ0) is 14.7. The van der Waals surface area contributed by atoms with Crippen molar-refractivity contribution in [2.75, 3.05) is 0 Å².